The van der Waals surface area contributed by atoms with Gasteiger partial charge in [0.1, 0.15) is 11.5 Å². The molecule has 0 aliphatic carbocycles. The summed E-state index contributed by atoms with van der Waals surface area (Å²) in [6.07, 6.45) is 6.84. The molecule has 0 unspecified atom stereocenters. The van der Waals surface area contributed by atoms with E-state index in [2.05, 4.69) is 22.5 Å². The molecule has 0 saturated carbocycles. The summed E-state index contributed by atoms with van der Waals surface area (Å²) in [5, 5.41) is 5.71. The summed E-state index contributed by atoms with van der Waals surface area (Å²) in [6.45, 7) is 5.00. The van der Waals surface area contributed by atoms with Crippen LogP contribution in [0.5, 0.6) is 5.75 Å². The lowest BCUT2D eigenvalue weighted by molar-refractivity contribution is 0.0725. The Kier molecular flexibility index (Phi) is 9.08. The van der Waals surface area contributed by atoms with E-state index in [0.717, 1.165) is 63.2 Å². The van der Waals surface area contributed by atoms with Crippen LogP contribution in [-0.4, -0.2) is 43.6 Å². The summed E-state index contributed by atoms with van der Waals surface area (Å²) < 4.78 is 10.9. The number of hydrogen-bond acceptors (Lipinski definition) is 5. The van der Waals surface area contributed by atoms with Crippen LogP contribution in [0.2, 0.25) is 0 Å². The van der Waals surface area contributed by atoms with Crippen LogP contribution in [0.1, 0.15) is 55.1 Å². The van der Waals surface area contributed by atoms with Crippen LogP contribution in [-0.2, 0) is 6.54 Å². The second kappa shape index (κ2) is 12.9. The summed E-state index contributed by atoms with van der Waals surface area (Å²) >= 11 is 0. The SMILES string of the molecule is CCCCN(Cc1ccco1)c1ccc(NC(=O)Nc2ccccc2OC)cc1C(=O)N1CCCCC1. The van der Waals surface area contributed by atoms with Gasteiger partial charge in [0.15, 0.2) is 0 Å². The van der Waals surface area contributed by atoms with Crippen molar-refractivity contribution >= 4 is 29.0 Å². The highest BCUT2D eigenvalue weighted by Crippen LogP contribution is 2.29. The normalized spacial score (nSPS) is 13.2. The number of urea groups is 1. The minimum Gasteiger partial charge on any atom is -0.495 e. The van der Waals surface area contributed by atoms with Crippen molar-refractivity contribution in [2.24, 2.45) is 0 Å². The average Bonchev–Trinajstić information content (AvgIpc) is 3.44. The first-order valence-electron chi connectivity index (χ1n) is 13.0. The van der Waals surface area contributed by atoms with E-state index in [0.29, 0.717) is 29.2 Å². The third-order valence-corrected chi connectivity index (χ3v) is 6.53. The maximum absolute atomic E-state index is 13.7. The highest BCUT2D eigenvalue weighted by molar-refractivity contribution is 6.04. The first-order chi connectivity index (χ1) is 18.1. The van der Waals surface area contributed by atoms with Gasteiger partial charge in [0.2, 0.25) is 0 Å². The van der Waals surface area contributed by atoms with Crippen LogP contribution in [0.15, 0.2) is 65.3 Å². The lowest BCUT2D eigenvalue weighted by atomic mass is 10.1. The molecule has 2 N–H and O–H groups in total. The van der Waals surface area contributed by atoms with Crippen molar-refractivity contribution in [2.45, 2.75) is 45.6 Å². The van der Waals surface area contributed by atoms with Crippen LogP contribution < -0.4 is 20.3 Å². The van der Waals surface area contributed by atoms with E-state index in [9.17, 15) is 9.59 Å². The second-order valence-corrected chi connectivity index (χ2v) is 9.22. The quantitative estimate of drug-likeness (QED) is 0.335. The molecule has 0 radical (unpaired) electrons. The minimum atomic E-state index is -0.410. The molecule has 8 nitrogen and oxygen atoms in total. The number of carbonyl (C=O) groups excluding carboxylic acids is 2. The first kappa shape index (κ1) is 26.1. The Bertz CT molecular complexity index is 1170. The van der Waals surface area contributed by atoms with Gasteiger partial charge in [-0.3, -0.25) is 4.79 Å². The molecule has 3 aromatic rings. The smallest absolute Gasteiger partial charge is 0.323 e. The standard InChI is InChI=1S/C29H36N4O4/c1-3-4-16-33(21-23-11-10-19-37-23)26-15-14-22(20-24(26)28(34)32-17-8-5-9-18-32)30-29(35)31-25-12-6-7-13-27(25)36-2/h6-7,10-15,19-20H,3-5,8-9,16-18,21H2,1-2H3,(H2,30,31,35). The topological polar surface area (TPSA) is 87.0 Å². The number of hydrogen-bond donors (Lipinski definition) is 2. The molecule has 37 heavy (non-hydrogen) atoms. The van der Waals surface area contributed by atoms with Gasteiger partial charge in [-0.1, -0.05) is 25.5 Å². The van der Waals surface area contributed by atoms with Gasteiger partial charge in [-0.25, -0.2) is 4.79 Å². The lowest BCUT2D eigenvalue weighted by Crippen LogP contribution is -2.37. The molecule has 1 fully saturated rings. The number of benzene rings is 2. The molecule has 8 heteroatoms. The number of amides is 3. The van der Waals surface area contributed by atoms with Crippen molar-refractivity contribution in [1.82, 2.24) is 4.90 Å². The van der Waals surface area contributed by atoms with Gasteiger partial charge in [-0.2, -0.15) is 0 Å². The van der Waals surface area contributed by atoms with Crippen molar-refractivity contribution in [2.75, 3.05) is 42.3 Å². The Morgan fingerprint density at radius 3 is 2.57 bits per heavy atom. The van der Waals surface area contributed by atoms with Crippen LogP contribution >= 0.6 is 0 Å². The van der Waals surface area contributed by atoms with Crippen LogP contribution in [0, 0.1) is 0 Å². The molecular formula is C29H36N4O4. The molecule has 2 heterocycles. The van der Waals surface area contributed by atoms with E-state index in [1.165, 1.54) is 0 Å². The number of anilines is 3. The van der Waals surface area contributed by atoms with E-state index in [1.807, 2.05) is 41.3 Å². The molecule has 2 aromatic carbocycles. The molecule has 0 atom stereocenters. The monoisotopic (exact) mass is 504 g/mol. The third-order valence-electron chi connectivity index (χ3n) is 6.53. The Morgan fingerprint density at radius 2 is 1.84 bits per heavy atom. The number of piperidine rings is 1. The van der Waals surface area contributed by atoms with Gasteiger partial charge >= 0.3 is 6.03 Å². The highest BCUT2D eigenvalue weighted by Gasteiger charge is 2.24. The summed E-state index contributed by atoms with van der Waals surface area (Å²) in [6, 6.07) is 16.2. The van der Waals surface area contributed by atoms with Gasteiger partial charge in [-0.15, -0.1) is 0 Å². The fraction of sp³-hybridized carbons (Fsp3) is 0.379. The zero-order chi connectivity index (χ0) is 26.0. The Labute approximate surface area is 218 Å². The summed E-state index contributed by atoms with van der Waals surface area (Å²) in [7, 11) is 1.56. The maximum atomic E-state index is 13.7. The predicted molar refractivity (Wildman–Crippen MR) is 146 cm³/mol. The number of carbonyl (C=O) groups is 2. The number of unbranched alkanes of at least 4 members (excludes halogenated alkanes) is 1. The summed E-state index contributed by atoms with van der Waals surface area (Å²) in [5.41, 5.74) is 2.54. The van der Waals surface area contributed by atoms with Gasteiger partial charge in [0, 0.05) is 25.3 Å². The van der Waals surface area contributed by atoms with Crippen LogP contribution in [0.4, 0.5) is 21.9 Å². The van der Waals surface area contributed by atoms with Gasteiger partial charge in [0.05, 0.1) is 36.9 Å². The van der Waals surface area contributed by atoms with E-state index >= 15 is 0 Å². The highest BCUT2D eigenvalue weighted by atomic mass is 16.5. The van der Waals surface area contributed by atoms with Crippen molar-refractivity contribution < 1.29 is 18.7 Å². The molecule has 4 rings (SSSR count). The van der Waals surface area contributed by atoms with Crippen molar-refractivity contribution in [3.63, 3.8) is 0 Å². The molecule has 0 spiro atoms. The first-order valence-corrected chi connectivity index (χ1v) is 13.0. The van der Waals surface area contributed by atoms with Gasteiger partial charge in [0.25, 0.3) is 5.91 Å². The predicted octanol–water partition coefficient (Wildman–Crippen LogP) is 6.37. The average molecular weight is 505 g/mol. The van der Waals surface area contributed by atoms with Crippen molar-refractivity contribution in [1.29, 1.82) is 0 Å². The van der Waals surface area contributed by atoms with Gasteiger partial charge < -0.3 is 29.6 Å². The lowest BCUT2D eigenvalue weighted by Gasteiger charge is -2.31. The summed E-state index contributed by atoms with van der Waals surface area (Å²) in [4.78, 5) is 30.7. The molecule has 1 aromatic heterocycles. The number of para-hydroxylation sites is 2. The van der Waals surface area contributed by atoms with E-state index in [1.54, 1.807) is 31.6 Å². The number of methoxy groups -OCH3 is 1. The molecule has 196 valence electrons. The number of furan rings is 1. The maximum Gasteiger partial charge on any atom is 0.323 e. The minimum absolute atomic E-state index is 0.00979. The third kappa shape index (κ3) is 6.84. The van der Waals surface area contributed by atoms with E-state index in [4.69, 9.17) is 9.15 Å². The zero-order valence-electron chi connectivity index (χ0n) is 21.7. The zero-order valence-corrected chi connectivity index (χ0v) is 21.7. The number of nitrogens with one attached hydrogen (secondary N) is 2. The van der Waals surface area contributed by atoms with Gasteiger partial charge in [-0.05, 0) is 68.1 Å². The number of ether oxygens (including phenoxy) is 1. The molecule has 1 aliphatic rings. The Hall–Kier alpha value is -3.94. The summed E-state index contributed by atoms with van der Waals surface area (Å²) in [5.74, 6) is 1.40. The molecule has 1 aliphatic heterocycles. The molecule has 0 bridgehead atoms. The number of rotatable bonds is 10. The fourth-order valence-electron chi connectivity index (χ4n) is 4.59. The molecule has 1 saturated heterocycles. The Balaban J connectivity index is 1.62. The second-order valence-electron chi connectivity index (χ2n) is 9.22. The van der Waals surface area contributed by atoms with Crippen molar-refractivity contribution in [3.05, 3.63) is 72.2 Å². The molecular weight excluding hydrogens is 468 g/mol. The van der Waals surface area contributed by atoms with Crippen LogP contribution in [0.3, 0.4) is 0 Å². The van der Waals surface area contributed by atoms with Crippen molar-refractivity contribution in [3.8, 4) is 5.75 Å². The van der Waals surface area contributed by atoms with E-state index < -0.39 is 6.03 Å². The fourth-order valence-corrected chi connectivity index (χ4v) is 4.59. The number of likely N-dealkylation sites (tertiary alicyclic amines) is 1. The van der Waals surface area contributed by atoms with Crippen LogP contribution in [0.25, 0.3) is 0 Å². The molecule has 3 amide bonds. The van der Waals surface area contributed by atoms with E-state index in [-0.39, 0.29) is 5.91 Å². The Morgan fingerprint density at radius 1 is 1.03 bits per heavy atom. The number of nitrogens with zero attached hydrogens (tertiary/aromatic N) is 2. The largest absolute Gasteiger partial charge is 0.495 e.